The highest BCUT2D eigenvalue weighted by Crippen LogP contribution is 2.29. The van der Waals surface area contributed by atoms with Crippen molar-refractivity contribution >= 4 is 11.7 Å². The molecule has 6 nitrogen and oxygen atoms in total. The Bertz CT molecular complexity index is 888. The highest BCUT2D eigenvalue weighted by Gasteiger charge is 2.20. The molecule has 1 saturated heterocycles. The van der Waals surface area contributed by atoms with E-state index in [0.717, 1.165) is 31.6 Å². The van der Waals surface area contributed by atoms with E-state index in [1.807, 2.05) is 4.90 Å². The molecule has 160 valence electrons. The van der Waals surface area contributed by atoms with Gasteiger partial charge in [-0.2, -0.15) is 0 Å². The molecule has 0 aliphatic carbocycles. The first kappa shape index (κ1) is 20.5. The number of nitrogens with one attached hydrogen (secondary N) is 1. The number of rotatable bonds is 4. The highest BCUT2D eigenvalue weighted by atomic mass is 19.1. The summed E-state index contributed by atoms with van der Waals surface area (Å²) in [5.74, 6) is 0.369. The number of amides is 2. The summed E-state index contributed by atoms with van der Waals surface area (Å²) >= 11 is 0. The molecular formula is C23H28FN3O3. The molecule has 0 spiro atoms. The van der Waals surface area contributed by atoms with Crippen LogP contribution in [-0.4, -0.2) is 50.4 Å². The summed E-state index contributed by atoms with van der Waals surface area (Å²) in [6.45, 7) is 6.17. The van der Waals surface area contributed by atoms with Gasteiger partial charge in [0.25, 0.3) is 0 Å². The Hall–Kier alpha value is -2.80. The minimum atomic E-state index is -0.312. The Morgan fingerprint density at radius 3 is 2.80 bits per heavy atom. The second kappa shape index (κ2) is 9.34. The summed E-state index contributed by atoms with van der Waals surface area (Å²) in [6.07, 6.45) is 1.43. The predicted molar refractivity (Wildman–Crippen MR) is 113 cm³/mol. The number of anilines is 1. The van der Waals surface area contributed by atoms with Crippen LogP contribution >= 0.6 is 0 Å². The van der Waals surface area contributed by atoms with Crippen molar-refractivity contribution in [3.8, 4) is 5.75 Å². The maximum Gasteiger partial charge on any atom is 0.317 e. The van der Waals surface area contributed by atoms with Crippen LogP contribution in [0.2, 0.25) is 0 Å². The Kier molecular flexibility index (Phi) is 6.38. The van der Waals surface area contributed by atoms with E-state index in [1.54, 1.807) is 0 Å². The van der Waals surface area contributed by atoms with Crippen molar-refractivity contribution in [3.05, 3.63) is 58.9 Å². The largest absolute Gasteiger partial charge is 0.467 e. The first-order valence-corrected chi connectivity index (χ1v) is 10.5. The van der Waals surface area contributed by atoms with Gasteiger partial charge >= 0.3 is 6.03 Å². The molecule has 0 aromatic heterocycles. The maximum atomic E-state index is 13.9. The van der Waals surface area contributed by atoms with Crippen molar-refractivity contribution < 1.29 is 18.7 Å². The van der Waals surface area contributed by atoms with Gasteiger partial charge in [0.15, 0.2) is 6.79 Å². The molecule has 2 aromatic carbocycles. The molecule has 2 aromatic rings. The summed E-state index contributed by atoms with van der Waals surface area (Å²) < 4.78 is 24.6. The van der Waals surface area contributed by atoms with Crippen molar-refractivity contribution in [2.24, 2.45) is 0 Å². The van der Waals surface area contributed by atoms with E-state index in [4.69, 9.17) is 9.47 Å². The maximum absolute atomic E-state index is 13.9. The van der Waals surface area contributed by atoms with E-state index in [2.05, 4.69) is 41.4 Å². The molecular weight excluding hydrogens is 385 g/mol. The van der Waals surface area contributed by atoms with Gasteiger partial charge in [-0.15, -0.1) is 0 Å². The van der Waals surface area contributed by atoms with Gasteiger partial charge in [0, 0.05) is 44.0 Å². The quantitative estimate of drug-likeness (QED) is 0.834. The summed E-state index contributed by atoms with van der Waals surface area (Å²) in [5.41, 5.74) is 3.91. The number of carbonyl (C=O) groups is 1. The van der Waals surface area contributed by atoms with Crippen LogP contribution in [0.25, 0.3) is 0 Å². The van der Waals surface area contributed by atoms with E-state index in [-0.39, 0.29) is 18.6 Å². The fourth-order valence-electron chi connectivity index (χ4n) is 3.99. The van der Waals surface area contributed by atoms with Gasteiger partial charge in [0.1, 0.15) is 11.6 Å². The van der Waals surface area contributed by atoms with Crippen LogP contribution in [0.15, 0.2) is 36.4 Å². The normalized spacial score (nSPS) is 16.5. The molecule has 4 rings (SSSR count). The van der Waals surface area contributed by atoms with Crippen molar-refractivity contribution in [2.75, 3.05) is 44.4 Å². The summed E-state index contributed by atoms with van der Waals surface area (Å²) in [6, 6.07) is 11.3. The molecule has 0 saturated carbocycles. The third kappa shape index (κ3) is 4.84. The lowest BCUT2D eigenvalue weighted by Gasteiger charge is -2.24. The lowest BCUT2D eigenvalue weighted by atomic mass is 10.1. The van der Waals surface area contributed by atoms with Crippen LogP contribution in [0.3, 0.4) is 0 Å². The van der Waals surface area contributed by atoms with Crippen LogP contribution in [0, 0.1) is 12.7 Å². The lowest BCUT2D eigenvalue weighted by molar-refractivity contribution is -0.0172. The molecule has 30 heavy (non-hydrogen) atoms. The van der Waals surface area contributed by atoms with E-state index < -0.39 is 0 Å². The first-order chi connectivity index (χ1) is 14.6. The number of nitrogens with zero attached hydrogens (tertiary/aromatic N) is 2. The van der Waals surface area contributed by atoms with Gasteiger partial charge in [-0.1, -0.05) is 17.7 Å². The van der Waals surface area contributed by atoms with E-state index in [1.165, 1.54) is 23.4 Å². The summed E-state index contributed by atoms with van der Waals surface area (Å²) in [5, 5.41) is 2.98. The Morgan fingerprint density at radius 1 is 1.13 bits per heavy atom. The van der Waals surface area contributed by atoms with Gasteiger partial charge in [-0.3, -0.25) is 0 Å². The zero-order valence-corrected chi connectivity index (χ0v) is 17.3. The lowest BCUT2D eigenvalue weighted by Crippen LogP contribution is -2.42. The number of hydrogen-bond acceptors (Lipinski definition) is 4. The number of carbonyl (C=O) groups excluding carboxylic acids is 1. The standard InChI is InChI=1S/C23H28FN3O3/c1-17-3-5-21(6-4-17)26-9-2-10-27(12-11-26)23(28)25-8-7-18-13-20(24)14-19-15-29-16-30-22(18)19/h3-6,13-14H,2,7-12,15-16H2,1H3,(H,25,28). The van der Waals surface area contributed by atoms with Crippen LogP contribution in [-0.2, 0) is 17.8 Å². The molecule has 1 N–H and O–H groups in total. The van der Waals surface area contributed by atoms with Crippen LogP contribution in [0.1, 0.15) is 23.1 Å². The fourth-order valence-corrected chi connectivity index (χ4v) is 3.99. The van der Waals surface area contributed by atoms with Gasteiger partial charge in [0.05, 0.1) is 6.61 Å². The number of hydrogen-bond donors (Lipinski definition) is 1. The van der Waals surface area contributed by atoms with Crippen LogP contribution < -0.4 is 15.0 Å². The van der Waals surface area contributed by atoms with Gasteiger partial charge in [-0.25, -0.2) is 9.18 Å². The molecule has 0 atom stereocenters. The zero-order valence-electron chi connectivity index (χ0n) is 17.3. The van der Waals surface area contributed by atoms with E-state index >= 15 is 0 Å². The average Bonchev–Trinajstić information content (AvgIpc) is 3.00. The Morgan fingerprint density at radius 2 is 1.97 bits per heavy atom. The second-order valence-electron chi connectivity index (χ2n) is 7.81. The minimum absolute atomic E-state index is 0.0738. The van der Waals surface area contributed by atoms with Crippen molar-refractivity contribution in [3.63, 3.8) is 0 Å². The van der Waals surface area contributed by atoms with Crippen molar-refractivity contribution in [1.82, 2.24) is 10.2 Å². The highest BCUT2D eigenvalue weighted by molar-refractivity contribution is 5.74. The van der Waals surface area contributed by atoms with E-state index in [0.29, 0.717) is 37.4 Å². The van der Waals surface area contributed by atoms with Gasteiger partial charge in [-0.05, 0) is 49.6 Å². The van der Waals surface area contributed by atoms with Gasteiger partial charge < -0.3 is 24.6 Å². The SMILES string of the molecule is Cc1ccc(N2CCCN(C(=O)NCCc3cc(F)cc4c3OCOC4)CC2)cc1. The fraction of sp³-hybridized carbons (Fsp3) is 0.435. The zero-order chi connectivity index (χ0) is 20.9. The van der Waals surface area contributed by atoms with E-state index in [9.17, 15) is 9.18 Å². The number of benzene rings is 2. The molecule has 2 amide bonds. The molecule has 1 fully saturated rings. The molecule has 2 aliphatic heterocycles. The first-order valence-electron chi connectivity index (χ1n) is 10.5. The molecule has 0 bridgehead atoms. The van der Waals surface area contributed by atoms with Crippen molar-refractivity contribution in [2.45, 2.75) is 26.4 Å². The second-order valence-corrected chi connectivity index (χ2v) is 7.81. The number of fused-ring (bicyclic) bond motifs is 1. The predicted octanol–water partition coefficient (Wildman–Crippen LogP) is 3.47. The van der Waals surface area contributed by atoms with Crippen LogP contribution in [0.4, 0.5) is 14.9 Å². The summed E-state index contributed by atoms with van der Waals surface area (Å²) in [7, 11) is 0. The summed E-state index contributed by atoms with van der Waals surface area (Å²) in [4.78, 5) is 16.8. The molecule has 0 radical (unpaired) electrons. The number of ether oxygens (including phenoxy) is 2. The molecule has 2 aliphatic rings. The smallest absolute Gasteiger partial charge is 0.317 e. The Balaban J connectivity index is 1.30. The monoisotopic (exact) mass is 413 g/mol. The topological polar surface area (TPSA) is 54.0 Å². The molecule has 0 unspecified atom stereocenters. The Labute approximate surface area is 176 Å². The number of halogens is 1. The third-order valence-corrected chi connectivity index (χ3v) is 5.60. The minimum Gasteiger partial charge on any atom is -0.467 e. The third-order valence-electron chi connectivity index (χ3n) is 5.60. The average molecular weight is 413 g/mol. The number of urea groups is 1. The molecule has 7 heteroatoms. The van der Waals surface area contributed by atoms with Gasteiger partial charge in [0.2, 0.25) is 0 Å². The van der Waals surface area contributed by atoms with Crippen molar-refractivity contribution in [1.29, 1.82) is 0 Å². The molecule has 2 heterocycles. The number of aryl methyl sites for hydroxylation is 1. The van der Waals surface area contributed by atoms with Crippen LogP contribution in [0.5, 0.6) is 5.75 Å².